The second-order valence-electron chi connectivity index (χ2n) is 28.1. The number of rotatable bonds is 72. The molecule has 11 heteroatoms. The number of allylic oxidation sites excluding steroid dienone is 9. The van der Waals surface area contributed by atoms with Crippen molar-refractivity contribution in [2.75, 3.05) is 19.8 Å². The van der Waals surface area contributed by atoms with Crippen molar-refractivity contribution in [2.24, 2.45) is 0 Å². The molecule has 0 aromatic rings. The third-order valence-corrected chi connectivity index (χ3v) is 19.1. The number of aliphatic hydroxyl groups is 5. The van der Waals surface area contributed by atoms with Crippen molar-refractivity contribution in [3.05, 3.63) is 60.8 Å². The maximum Gasteiger partial charge on any atom is 0.305 e. The highest BCUT2D eigenvalue weighted by atomic mass is 16.7. The van der Waals surface area contributed by atoms with Crippen molar-refractivity contribution in [1.29, 1.82) is 0 Å². The molecule has 1 fully saturated rings. The lowest BCUT2D eigenvalue weighted by molar-refractivity contribution is -0.302. The topological polar surface area (TPSA) is 175 Å². The lowest BCUT2D eigenvalue weighted by Gasteiger charge is -2.40. The van der Waals surface area contributed by atoms with Crippen molar-refractivity contribution < 1.29 is 49.3 Å². The van der Waals surface area contributed by atoms with Gasteiger partial charge in [0.2, 0.25) is 5.91 Å². The number of carbonyl (C=O) groups excluding carboxylic acids is 2. The van der Waals surface area contributed by atoms with E-state index in [0.717, 1.165) is 70.6 Å². The molecule has 0 aliphatic carbocycles. The summed E-state index contributed by atoms with van der Waals surface area (Å²) in [6, 6.07) is -0.808. The summed E-state index contributed by atoms with van der Waals surface area (Å²) in [5.74, 6) is -0.170. The largest absolute Gasteiger partial charge is 0.466 e. The molecule has 0 radical (unpaired) electrons. The van der Waals surface area contributed by atoms with E-state index in [0.29, 0.717) is 19.4 Å². The van der Waals surface area contributed by atoms with E-state index in [1.807, 2.05) is 6.08 Å². The summed E-state index contributed by atoms with van der Waals surface area (Å²) in [5, 5.41) is 54.4. The van der Waals surface area contributed by atoms with Crippen LogP contribution in [-0.2, 0) is 23.8 Å². The summed E-state index contributed by atoms with van der Waals surface area (Å²) >= 11 is 0. The standard InChI is InChI=1S/C83H153NO10/c1-3-5-7-9-11-13-15-16-17-18-38-42-45-48-51-55-59-63-67-71-79(88)92-72-68-64-60-56-52-49-46-43-40-37-35-33-31-29-27-25-23-21-19-20-22-24-26-28-30-32-34-36-39-41-44-47-50-54-58-62-66-70-78(87)84-75(74-93-83-82(91)81(90)80(89)77(73-85)94-83)76(86)69-65-61-57-53-14-12-10-8-6-4-2/h11,13,16-17,19,21,25,27,65,69,75-77,80-83,85-86,89-91H,3-10,12,14-15,18,20,22-24,26,28-64,66-68,70-74H2,1-2H3,(H,84,87)/b13-11-,17-16-,21-19-,27-25-,69-65+. The van der Waals surface area contributed by atoms with Gasteiger partial charge < -0.3 is 45.1 Å². The van der Waals surface area contributed by atoms with Crippen LogP contribution < -0.4 is 5.32 Å². The SMILES string of the molecule is CCCCC/C=C\C/C=C\CCCCCCCCCCCC(=O)OCCCCCCCCCCCCCCC/C=C\C/C=C\CCCCCCCCCCCCCCCCCCCC(=O)NC(COC1OC(CO)C(O)C(O)C1O)C(O)/C=C/CCCCCCCCCC. The minimum Gasteiger partial charge on any atom is -0.466 e. The van der Waals surface area contributed by atoms with Crippen LogP contribution in [0, 0.1) is 0 Å². The van der Waals surface area contributed by atoms with Gasteiger partial charge >= 0.3 is 5.97 Å². The lowest BCUT2D eigenvalue weighted by atomic mass is 9.99. The Bertz CT molecular complexity index is 1750. The molecule has 7 unspecified atom stereocenters. The van der Waals surface area contributed by atoms with E-state index in [1.165, 1.54) is 295 Å². The molecule has 1 aliphatic heterocycles. The Labute approximate surface area is 579 Å². The molecule has 1 rings (SSSR count). The predicted octanol–water partition coefficient (Wildman–Crippen LogP) is 22.0. The molecule has 1 heterocycles. The van der Waals surface area contributed by atoms with Crippen LogP contribution in [0.4, 0.5) is 0 Å². The summed E-state index contributed by atoms with van der Waals surface area (Å²) in [6.45, 7) is 4.34. The number of ether oxygens (including phenoxy) is 3. The van der Waals surface area contributed by atoms with Crippen LogP contribution in [-0.4, -0.2) is 100 Å². The van der Waals surface area contributed by atoms with E-state index in [4.69, 9.17) is 14.2 Å². The van der Waals surface area contributed by atoms with E-state index in [9.17, 15) is 35.1 Å². The molecule has 550 valence electrons. The van der Waals surface area contributed by atoms with Gasteiger partial charge in [-0.15, -0.1) is 0 Å². The molecule has 11 nitrogen and oxygen atoms in total. The first-order chi connectivity index (χ1) is 46.2. The van der Waals surface area contributed by atoms with Gasteiger partial charge in [-0.05, 0) is 96.3 Å². The van der Waals surface area contributed by atoms with Crippen molar-refractivity contribution in [2.45, 2.75) is 436 Å². The molecule has 0 spiro atoms. The normalized spacial score (nSPS) is 17.7. The predicted molar refractivity (Wildman–Crippen MR) is 398 cm³/mol. The number of aliphatic hydroxyl groups excluding tert-OH is 5. The summed E-state index contributed by atoms with van der Waals surface area (Å²) in [7, 11) is 0. The molecule has 7 atom stereocenters. The van der Waals surface area contributed by atoms with Gasteiger partial charge in [0.05, 0.1) is 32.0 Å². The van der Waals surface area contributed by atoms with Crippen LogP contribution in [0.5, 0.6) is 0 Å². The smallest absolute Gasteiger partial charge is 0.305 e. The Morgan fingerprint density at radius 3 is 1.10 bits per heavy atom. The van der Waals surface area contributed by atoms with Gasteiger partial charge in [0.25, 0.3) is 0 Å². The molecule has 0 bridgehead atoms. The van der Waals surface area contributed by atoms with Crippen molar-refractivity contribution in [1.82, 2.24) is 5.32 Å². The third kappa shape index (κ3) is 59.4. The molecule has 6 N–H and O–H groups in total. The lowest BCUT2D eigenvalue weighted by Crippen LogP contribution is -2.60. The number of esters is 1. The number of nitrogens with one attached hydrogen (secondary N) is 1. The van der Waals surface area contributed by atoms with Gasteiger partial charge in [-0.25, -0.2) is 0 Å². The van der Waals surface area contributed by atoms with Crippen molar-refractivity contribution in [3.8, 4) is 0 Å². The molecule has 0 aromatic heterocycles. The van der Waals surface area contributed by atoms with E-state index >= 15 is 0 Å². The first kappa shape index (κ1) is 89.4. The van der Waals surface area contributed by atoms with Crippen LogP contribution >= 0.6 is 0 Å². The number of amides is 1. The van der Waals surface area contributed by atoms with E-state index < -0.39 is 49.5 Å². The first-order valence-electron chi connectivity index (χ1n) is 40.6. The van der Waals surface area contributed by atoms with Crippen LogP contribution in [0.15, 0.2) is 60.8 Å². The summed E-state index contributed by atoms with van der Waals surface area (Å²) in [5.41, 5.74) is 0. The van der Waals surface area contributed by atoms with E-state index in [-0.39, 0.29) is 18.5 Å². The highest BCUT2D eigenvalue weighted by molar-refractivity contribution is 5.76. The maximum atomic E-state index is 13.0. The second kappa shape index (κ2) is 71.6. The number of carbonyl (C=O) groups is 2. The molecule has 1 aliphatic rings. The second-order valence-corrected chi connectivity index (χ2v) is 28.1. The van der Waals surface area contributed by atoms with Gasteiger partial charge in [0.15, 0.2) is 6.29 Å². The van der Waals surface area contributed by atoms with Crippen LogP contribution in [0.25, 0.3) is 0 Å². The number of hydrogen-bond donors (Lipinski definition) is 6. The highest BCUT2D eigenvalue weighted by Gasteiger charge is 2.44. The third-order valence-electron chi connectivity index (χ3n) is 19.1. The maximum absolute atomic E-state index is 13.0. The van der Waals surface area contributed by atoms with Crippen molar-refractivity contribution >= 4 is 11.9 Å². The Morgan fingerprint density at radius 1 is 0.394 bits per heavy atom. The van der Waals surface area contributed by atoms with Crippen LogP contribution in [0.2, 0.25) is 0 Å². The fourth-order valence-electron chi connectivity index (χ4n) is 12.7. The van der Waals surface area contributed by atoms with Gasteiger partial charge in [-0.2, -0.15) is 0 Å². The molecule has 0 saturated carbocycles. The first-order valence-corrected chi connectivity index (χ1v) is 40.6. The van der Waals surface area contributed by atoms with Crippen LogP contribution in [0.3, 0.4) is 0 Å². The number of unbranched alkanes of at least 4 members (excludes halogenated alkanes) is 50. The average Bonchev–Trinajstić information content (AvgIpc) is 1.07. The Kier molecular flexibility index (Phi) is 68.1. The zero-order chi connectivity index (χ0) is 67.9. The molecular formula is C83H153NO10. The fourth-order valence-corrected chi connectivity index (χ4v) is 12.7. The van der Waals surface area contributed by atoms with E-state index in [1.54, 1.807) is 6.08 Å². The zero-order valence-electron chi connectivity index (χ0n) is 61.4. The van der Waals surface area contributed by atoms with Crippen LogP contribution in [0.1, 0.15) is 393 Å². The Hall–Kier alpha value is -2.64. The molecule has 94 heavy (non-hydrogen) atoms. The quantitative estimate of drug-likeness (QED) is 0.0195. The minimum atomic E-state index is -1.57. The summed E-state index contributed by atoms with van der Waals surface area (Å²) in [4.78, 5) is 25.2. The Morgan fingerprint density at radius 2 is 0.713 bits per heavy atom. The highest BCUT2D eigenvalue weighted by Crippen LogP contribution is 2.24. The monoisotopic (exact) mass is 1320 g/mol. The zero-order valence-corrected chi connectivity index (χ0v) is 61.4. The molecule has 1 amide bonds. The van der Waals surface area contributed by atoms with Gasteiger partial charge in [0.1, 0.15) is 24.4 Å². The summed E-state index contributed by atoms with van der Waals surface area (Å²) < 4.78 is 16.8. The fraction of sp³-hybridized carbons (Fsp3) is 0.855. The number of hydrogen-bond acceptors (Lipinski definition) is 10. The summed E-state index contributed by atoms with van der Waals surface area (Å²) in [6.07, 6.45) is 86.9. The molecule has 0 aromatic carbocycles. The molecule has 1 saturated heterocycles. The molecular weight excluding hydrogens is 1170 g/mol. The van der Waals surface area contributed by atoms with Crippen molar-refractivity contribution in [3.63, 3.8) is 0 Å². The minimum absolute atomic E-state index is 0.00899. The van der Waals surface area contributed by atoms with Gasteiger partial charge in [-0.1, -0.05) is 344 Å². The average molecular weight is 1330 g/mol. The van der Waals surface area contributed by atoms with Gasteiger partial charge in [0, 0.05) is 12.8 Å². The van der Waals surface area contributed by atoms with E-state index in [2.05, 4.69) is 67.8 Å². The Balaban J connectivity index is 1.87. The van der Waals surface area contributed by atoms with Gasteiger partial charge in [-0.3, -0.25) is 9.59 Å².